The first-order chi connectivity index (χ1) is 8.07. The summed E-state index contributed by atoms with van der Waals surface area (Å²) in [7, 11) is -3.12. The largest absolute Gasteiger partial charge is 0.212 e. The minimum absolute atomic E-state index is 0.211. The molecule has 3 nitrogen and oxygen atoms in total. The maximum absolute atomic E-state index is 11.6. The van der Waals surface area contributed by atoms with Gasteiger partial charge in [0, 0.05) is 11.9 Å². The number of hydrogen-bond acceptors (Lipinski definition) is 2. The van der Waals surface area contributed by atoms with Crippen LogP contribution in [0.1, 0.15) is 30.9 Å². The van der Waals surface area contributed by atoms with Crippen molar-refractivity contribution in [2.45, 2.75) is 31.6 Å². The summed E-state index contributed by atoms with van der Waals surface area (Å²) in [5, 5.41) is 0.815. The lowest BCUT2D eigenvalue weighted by molar-refractivity contribution is 0.578. The van der Waals surface area contributed by atoms with Gasteiger partial charge in [-0.1, -0.05) is 53.5 Å². The molecule has 1 N–H and O–H groups in total. The lowest BCUT2D eigenvalue weighted by Crippen LogP contribution is -2.25. The fourth-order valence-corrected chi connectivity index (χ4v) is 2.92. The van der Waals surface area contributed by atoms with Gasteiger partial charge in [-0.15, -0.1) is 0 Å². The smallest absolute Gasteiger partial charge is 0.211 e. The zero-order valence-corrected chi connectivity index (χ0v) is 12.4. The average Bonchev–Trinajstić information content (AvgIpc) is 2.35. The minimum Gasteiger partial charge on any atom is -0.212 e. The van der Waals surface area contributed by atoms with Gasteiger partial charge in [0.1, 0.15) is 0 Å². The van der Waals surface area contributed by atoms with Gasteiger partial charge in [0.15, 0.2) is 0 Å². The predicted octanol–water partition coefficient (Wildman–Crippen LogP) is 2.80. The molecule has 0 amide bonds. The Morgan fingerprint density at radius 2 is 1.76 bits per heavy atom. The summed E-state index contributed by atoms with van der Waals surface area (Å²) in [4.78, 5) is 0. The Kier molecular flexibility index (Phi) is 6.16. The Balaban J connectivity index is 2.49. The lowest BCUT2D eigenvalue weighted by atomic mass is 10.2. The van der Waals surface area contributed by atoms with Crippen molar-refractivity contribution in [2.75, 3.05) is 5.75 Å². The SMILES string of the molecule is CCCCS(=O)(=O)NCc1ccc(CBr)cc1. The van der Waals surface area contributed by atoms with Gasteiger partial charge in [-0.05, 0) is 17.5 Å². The zero-order valence-electron chi connectivity index (χ0n) is 9.95. The molecule has 0 heterocycles. The van der Waals surface area contributed by atoms with Gasteiger partial charge in [0.05, 0.1) is 5.75 Å². The van der Waals surface area contributed by atoms with Gasteiger partial charge in [-0.3, -0.25) is 0 Å². The lowest BCUT2D eigenvalue weighted by Gasteiger charge is -2.06. The number of alkyl halides is 1. The van der Waals surface area contributed by atoms with E-state index in [4.69, 9.17) is 0 Å². The number of hydrogen-bond donors (Lipinski definition) is 1. The third-order valence-corrected chi connectivity index (χ3v) is 4.50. The quantitative estimate of drug-likeness (QED) is 0.785. The van der Waals surface area contributed by atoms with Gasteiger partial charge < -0.3 is 0 Å². The molecule has 0 spiro atoms. The van der Waals surface area contributed by atoms with Crippen molar-refractivity contribution in [2.24, 2.45) is 0 Å². The zero-order chi connectivity index (χ0) is 12.7. The monoisotopic (exact) mass is 319 g/mol. The van der Waals surface area contributed by atoms with E-state index in [1.807, 2.05) is 31.2 Å². The van der Waals surface area contributed by atoms with Gasteiger partial charge in [0.25, 0.3) is 0 Å². The number of rotatable bonds is 7. The van der Waals surface area contributed by atoms with Crippen LogP contribution in [0, 0.1) is 0 Å². The highest BCUT2D eigenvalue weighted by Gasteiger charge is 2.08. The fourth-order valence-electron chi connectivity index (χ4n) is 1.35. The van der Waals surface area contributed by atoms with Crippen LogP contribution in [0.3, 0.4) is 0 Å². The molecule has 1 rings (SSSR count). The fraction of sp³-hybridized carbons (Fsp3) is 0.500. The second-order valence-electron chi connectivity index (χ2n) is 3.94. The van der Waals surface area contributed by atoms with Crippen molar-refractivity contribution in [3.63, 3.8) is 0 Å². The second-order valence-corrected chi connectivity index (χ2v) is 6.43. The van der Waals surface area contributed by atoms with Crippen LogP contribution < -0.4 is 4.72 Å². The number of halogens is 1. The van der Waals surface area contributed by atoms with E-state index in [1.165, 1.54) is 5.56 Å². The van der Waals surface area contributed by atoms with Crippen LogP contribution in [0.15, 0.2) is 24.3 Å². The van der Waals surface area contributed by atoms with E-state index in [1.54, 1.807) is 0 Å². The molecule has 0 saturated carbocycles. The molecular weight excluding hydrogens is 302 g/mol. The standard InChI is InChI=1S/C12H18BrNO2S/c1-2-3-8-17(15,16)14-10-12-6-4-11(9-13)5-7-12/h4-7,14H,2-3,8-10H2,1H3. The van der Waals surface area contributed by atoms with Crippen LogP contribution in [0.2, 0.25) is 0 Å². The van der Waals surface area contributed by atoms with Crippen molar-refractivity contribution in [3.8, 4) is 0 Å². The summed E-state index contributed by atoms with van der Waals surface area (Å²) in [5.74, 6) is 0.211. The molecule has 0 aliphatic carbocycles. The number of sulfonamides is 1. The summed E-state index contributed by atoms with van der Waals surface area (Å²) in [6.45, 7) is 2.35. The van der Waals surface area contributed by atoms with Gasteiger partial charge in [-0.2, -0.15) is 0 Å². The van der Waals surface area contributed by atoms with Crippen LogP contribution >= 0.6 is 15.9 Å². The Bertz CT molecular complexity index is 428. The molecule has 17 heavy (non-hydrogen) atoms. The number of unbranched alkanes of at least 4 members (excludes halogenated alkanes) is 1. The van der Waals surface area contributed by atoms with Gasteiger partial charge >= 0.3 is 0 Å². The molecule has 0 atom stereocenters. The predicted molar refractivity (Wildman–Crippen MR) is 74.6 cm³/mol. The maximum Gasteiger partial charge on any atom is 0.211 e. The van der Waals surface area contributed by atoms with E-state index in [0.29, 0.717) is 13.0 Å². The Morgan fingerprint density at radius 1 is 1.18 bits per heavy atom. The van der Waals surface area contributed by atoms with Crippen LogP contribution in [0.5, 0.6) is 0 Å². The molecule has 1 aromatic rings. The topological polar surface area (TPSA) is 46.2 Å². The average molecular weight is 320 g/mol. The van der Waals surface area contributed by atoms with Crippen molar-refractivity contribution in [1.82, 2.24) is 4.72 Å². The van der Waals surface area contributed by atoms with Crippen molar-refractivity contribution in [3.05, 3.63) is 35.4 Å². The Labute approximate surface area is 112 Å². The van der Waals surface area contributed by atoms with Crippen molar-refractivity contribution < 1.29 is 8.42 Å². The van der Waals surface area contributed by atoms with E-state index >= 15 is 0 Å². The first-order valence-corrected chi connectivity index (χ1v) is 8.46. The number of nitrogens with one attached hydrogen (secondary N) is 1. The van der Waals surface area contributed by atoms with Crippen molar-refractivity contribution >= 4 is 26.0 Å². The Hall–Kier alpha value is -0.390. The molecule has 5 heteroatoms. The summed E-state index contributed by atoms with van der Waals surface area (Å²) in [5.41, 5.74) is 2.16. The third kappa shape index (κ3) is 5.66. The molecule has 0 unspecified atom stereocenters. The molecule has 0 aliphatic rings. The van der Waals surface area contributed by atoms with Gasteiger partial charge in [-0.25, -0.2) is 13.1 Å². The first-order valence-electron chi connectivity index (χ1n) is 5.68. The minimum atomic E-state index is -3.12. The summed E-state index contributed by atoms with van der Waals surface area (Å²) >= 11 is 3.37. The third-order valence-electron chi connectivity index (χ3n) is 2.44. The highest BCUT2D eigenvalue weighted by molar-refractivity contribution is 9.08. The van der Waals surface area contributed by atoms with E-state index in [0.717, 1.165) is 17.3 Å². The van der Waals surface area contributed by atoms with Crippen LogP contribution in [0.25, 0.3) is 0 Å². The highest BCUT2D eigenvalue weighted by atomic mass is 79.9. The Morgan fingerprint density at radius 3 is 2.29 bits per heavy atom. The molecule has 0 bridgehead atoms. The molecule has 0 radical (unpaired) electrons. The summed E-state index contributed by atoms with van der Waals surface area (Å²) < 4.78 is 25.7. The highest BCUT2D eigenvalue weighted by Crippen LogP contribution is 2.08. The first kappa shape index (κ1) is 14.7. The molecule has 0 fully saturated rings. The van der Waals surface area contributed by atoms with E-state index < -0.39 is 10.0 Å². The summed E-state index contributed by atoms with van der Waals surface area (Å²) in [6.07, 6.45) is 1.60. The normalized spacial score (nSPS) is 11.6. The molecule has 0 aliphatic heterocycles. The van der Waals surface area contributed by atoms with Crippen molar-refractivity contribution in [1.29, 1.82) is 0 Å². The molecular formula is C12H18BrNO2S. The molecule has 0 saturated heterocycles. The van der Waals surface area contributed by atoms with Crippen LogP contribution in [0.4, 0.5) is 0 Å². The molecule has 96 valence electrons. The maximum atomic E-state index is 11.6. The molecule has 1 aromatic carbocycles. The summed E-state index contributed by atoms with van der Waals surface area (Å²) in [6, 6.07) is 7.87. The van der Waals surface area contributed by atoms with E-state index in [2.05, 4.69) is 20.7 Å². The molecule has 0 aromatic heterocycles. The van der Waals surface area contributed by atoms with Crippen LogP contribution in [-0.4, -0.2) is 14.2 Å². The van der Waals surface area contributed by atoms with Gasteiger partial charge in [0.2, 0.25) is 10.0 Å². The van der Waals surface area contributed by atoms with E-state index in [9.17, 15) is 8.42 Å². The second kappa shape index (κ2) is 7.13. The van der Waals surface area contributed by atoms with E-state index in [-0.39, 0.29) is 5.75 Å². The van der Waals surface area contributed by atoms with Crippen LogP contribution in [-0.2, 0) is 21.9 Å². The number of benzene rings is 1.